The molecule has 0 unspecified atom stereocenters. The predicted molar refractivity (Wildman–Crippen MR) is 213 cm³/mol. The highest BCUT2D eigenvalue weighted by molar-refractivity contribution is 7.27. The summed E-state index contributed by atoms with van der Waals surface area (Å²) in [6, 6.07) is 59.0. The molecule has 4 nitrogen and oxygen atoms in total. The maximum atomic E-state index is 5.18. The van der Waals surface area contributed by atoms with Crippen molar-refractivity contribution < 1.29 is 0 Å². The molecule has 238 valence electrons. The summed E-state index contributed by atoms with van der Waals surface area (Å²) in [6.45, 7) is 0. The molecule has 0 spiro atoms. The molecule has 51 heavy (non-hydrogen) atoms. The van der Waals surface area contributed by atoms with Crippen molar-refractivity contribution in [2.24, 2.45) is 0 Å². The minimum atomic E-state index is 0.645. The van der Waals surface area contributed by atoms with Crippen LogP contribution >= 0.6 is 11.3 Å². The average molecular weight is 669 g/mol. The second-order valence-corrected chi connectivity index (χ2v) is 13.6. The van der Waals surface area contributed by atoms with Crippen LogP contribution in [0, 0.1) is 0 Å². The van der Waals surface area contributed by atoms with Gasteiger partial charge in [-0.3, -0.25) is 0 Å². The fourth-order valence-electron chi connectivity index (χ4n) is 7.07. The first-order chi connectivity index (χ1) is 25.3. The third-order valence-corrected chi connectivity index (χ3v) is 10.8. The Morgan fingerprint density at radius 3 is 1.55 bits per heavy atom. The third-order valence-electron chi connectivity index (χ3n) is 9.53. The Labute approximate surface area is 298 Å². The lowest BCUT2D eigenvalue weighted by Gasteiger charge is -2.11. The molecule has 7 aromatic carbocycles. The van der Waals surface area contributed by atoms with E-state index in [-0.39, 0.29) is 0 Å². The van der Waals surface area contributed by atoms with E-state index in [0.717, 1.165) is 54.5 Å². The van der Waals surface area contributed by atoms with Gasteiger partial charge in [0.1, 0.15) is 0 Å². The molecule has 0 amide bonds. The van der Waals surface area contributed by atoms with E-state index < -0.39 is 0 Å². The maximum Gasteiger partial charge on any atom is 0.165 e. The van der Waals surface area contributed by atoms with Crippen LogP contribution in [0.5, 0.6) is 0 Å². The molecule has 3 heterocycles. The first kappa shape index (κ1) is 29.4. The van der Waals surface area contributed by atoms with E-state index in [0.29, 0.717) is 17.5 Å². The standard InChI is InChI=1S/C46H28N4S/c1-4-13-29(14-5-1)30-23-25-33(26-24-30)45-48-44(32-17-8-3-9-18-32)49-46(50-45)38-21-12-20-34-35-27-28-37-40(43(35)51-42(34)38)36-19-10-11-22-39(36)47-41(37)31-15-6-2-7-16-31/h1-28H. The van der Waals surface area contributed by atoms with Crippen LogP contribution in [0.1, 0.15) is 0 Å². The molecule has 0 atom stereocenters. The maximum absolute atomic E-state index is 5.18. The Hall–Kier alpha value is -6.56. The van der Waals surface area contributed by atoms with E-state index in [1.807, 2.05) is 30.3 Å². The fraction of sp³-hybridized carbons (Fsp3) is 0. The molecule has 0 aliphatic carbocycles. The van der Waals surface area contributed by atoms with E-state index in [9.17, 15) is 0 Å². The van der Waals surface area contributed by atoms with Gasteiger partial charge >= 0.3 is 0 Å². The van der Waals surface area contributed by atoms with Gasteiger partial charge in [0.05, 0.1) is 11.2 Å². The minimum Gasteiger partial charge on any atom is -0.247 e. The summed E-state index contributed by atoms with van der Waals surface area (Å²) in [5, 5.41) is 5.93. The lowest BCUT2D eigenvalue weighted by Crippen LogP contribution is -2.00. The van der Waals surface area contributed by atoms with E-state index in [2.05, 4.69) is 140 Å². The van der Waals surface area contributed by atoms with Crippen molar-refractivity contribution in [1.82, 2.24) is 19.9 Å². The molecule has 0 N–H and O–H groups in total. The van der Waals surface area contributed by atoms with Gasteiger partial charge in [0.2, 0.25) is 0 Å². The van der Waals surface area contributed by atoms with Crippen molar-refractivity contribution in [1.29, 1.82) is 0 Å². The van der Waals surface area contributed by atoms with Gasteiger partial charge in [-0.25, -0.2) is 19.9 Å². The van der Waals surface area contributed by atoms with Crippen LogP contribution in [0.2, 0.25) is 0 Å². The average Bonchev–Trinajstić information content (AvgIpc) is 3.60. The number of nitrogens with zero attached hydrogens (tertiary/aromatic N) is 4. The molecule has 0 bridgehead atoms. The molecule has 3 aromatic heterocycles. The summed E-state index contributed by atoms with van der Waals surface area (Å²) < 4.78 is 2.39. The second-order valence-electron chi connectivity index (χ2n) is 12.6. The van der Waals surface area contributed by atoms with E-state index in [1.165, 1.54) is 26.4 Å². The topological polar surface area (TPSA) is 51.6 Å². The van der Waals surface area contributed by atoms with Gasteiger partial charge in [-0.2, -0.15) is 0 Å². The van der Waals surface area contributed by atoms with Gasteiger partial charge < -0.3 is 0 Å². The van der Waals surface area contributed by atoms with Crippen molar-refractivity contribution in [3.8, 4) is 56.5 Å². The Balaban J connectivity index is 1.20. The number of hydrogen-bond acceptors (Lipinski definition) is 5. The predicted octanol–water partition coefficient (Wildman–Crippen LogP) is 12.3. The Morgan fingerprint density at radius 1 is 0.314 bits per heavy atom. The smallest absolute Gasteiger partial charge is 0.165 e. The van der Waals surface area contributed by atoms with E-state index >= 15 is 0 Å². The van der Waals surface area contributed by atoms with Crippen LogP contribution < -0.4 is 0 Å². The van der Waals surface area contributed by atoms with Crippen LogP contribution in [0.4, 0.5) is 0 Å². The first-order valence-corrected chi connectivity index (χ1v) is 17.8. The lowest BCUT2D eigenvalue weighted by atomic mass is 9.98. The Kier molecular flexibility index (Phi) is 6.96. The summed E-state index contributed by atoms with van der Waals surface area (Å²) in [4.78, 5) is 20.5. The monoisotopic (exact) mass is 668 g/mol. The quantitative estimate of drug-likeness (QED) is 0.171. The number of fused-ring (bicyclic) bond motifs is 7. The highest BCUT2D eigenvalue weighted by atomic mass is 32.1. The number of hydrogen-bond donors (Lipinski definition) is 0. The molecular weight excluding hydrogens is 641 g/mol. The van der Waals surface area contributed by atoms with Gasteiger partial charge in [-0.1, -0.05) is 158 Å². The number of aromatic nitrogens is 4. The Bertz CT molecular complexity index is 2890. The van der Waals surface area contributed by atoms with Gasteiger partial charge in [-0.05, 0) is 23.3 Å². The van der Waals surface area contributed by atoms with Crippen molar-refractivity contribution >= 4 is 53.2 Å². The molecule has 0 aliphatic rings. The largest absolute Gasteiger partial charge is 0.247 e. The van der Waals surface area contributed by atoms with Crippen molar-refractivity contribution in [2.45, 2.75) is 0 Å². The van der Waals surface area contributed by atoms with E-state index in [4.69, 9.17) is 19.9 Å². The normalized spacial score (nSPS) is 11.5. The van der Waals surface area contributed by atoms with Crippen LogP contribution in [0.25, 0.3) is 98.4 Å². The number of thiophene rings is 1. The third kappa shape index (κ3) is 5.06. The fourth-order valence-corrected chi connectivity index (χ4v) is 8.44. The molecule has 0 saturated heterocycles. The van der Waals surface area contributed by atoms with Gasteiger partial charge in [0.25, 0.3) is 0 Å². The van der Waals surface area contributed by atoms with Crippen LogP contribution in [-0.4, -0.2) is 19.9 Å². The molecule has 5 heteroatoms. The lowest BCUT2D eigenvalue weighted by molar-refractivity contribution is 1.08. The zero-order chi connectivity index (χ0) is 33.7. The van der Waals surface area contributed by atoms with Crippen molar-refractivity contribution in [3.63, 3.8) is 0 Å². The van der Waals surface area contributed by atoms with Crippen LogP contribution in [0.15, 0.2) is 170 Å². The number of benzene rings is 7. The van der Waals surface area contributed by atoms with Crippen LogP contribution in [0.3, 0.4) is 0 Å². The summed E-state index contributed by atoms with van der Waals surface area (Å²) in [7, 11) is 0. The summed E-state index contributed by atoms with van der Waals surface area (Å²) in [5.41, 5.74) is 8.30. The minimum absolute atomic E-state index is 0.645. The SMILES string of the molecule is c1ccc(-c2ccc(-c3nc(-c4ccccc4)nc(-c4cccc5c4sc4c5ccc5c(-c6ccccc6)nc6ccccc6c54)n3)cc2)cc1. The molecule has 0 saturated carbocycles. The molecule has 0 fully saturated rings. The second kappa shape index (κ2) is 12.1. The van der Waals surface area contributed by atoms with Gasteiger partial charge in [-0.15, -0.1) is 11.3 Å². The first-order valence-electron chi connectivity index (χ1n) is 17.0. The summed E-state index contributed by atoms with van der Waals surface area (Å²) >= 11 is 1.81. The highest BCUT2D eigenvalue weighted by Gasteiger charge is 2.20. The Morgan fingerprint density at radius 2 is 0.824 bits per heavy atom. The van der Waals surface area contributed by atoms with E-state index in [1.54, 1.807) is 11.3 Å². The van der Waals surface area contributed by atoms with Crippen molar-refractivity contribution in [2.75, 3.05) is 0 Å². The summed E-state index contributed by atoms with van der Waals surface area (Å²) in [5.74, 6) is 1.95. The van der Waals surface area contributed by atoms with Crippen LogP contribution in [-0.2, 0) is 0 Å². The molecule has 0 aliphatic heterocycles. The number of rotatable bonds is 5. The molecular formula is C46H28N4S. The highest BCUT2D eigenvalue weighted by Crippen LogP contribution is 2.45. The molecule has 10 aromatic rings. The zero-order valence-corrected chi connectivity index (χ0v) is 28.2. The molecule has 10 rings (SSSR count). The number of para-hydroxylation sites is 1. The zero-order valence-electron chi connectivity index (χ0n) is 27.4. The van der Waals surface area contributed by atoms with Crippen molar-refractivity contribution in [3.05, 3.63) is 170 Å². The summed E-state index contributed by atoms with van der Waals surface area (Å²) in [6.07, 6.45) is 0. The number of pyridine rings is 1. The van der Waals surface area contributed by atoms with Gasteiger partial charge in [0.15, 0.2) is 17.5 Å². The van der Waals surface area contributed by atoms with Gasteiger partial charge in [0, 0.05) is 58.6 Å². The molecule has 0 radical (unpaired) electrons.